The van der Waals surface area contributed by atoms with E-state index in [1.807, 2.05) is 6.07 Å². The molecule has 0 amide bonds. The number of likely N-dealkylation sites (N-methyl/N-ethyl adjacent to an activating group) is 1. The Morgan fingerprint density at radius 1 is 1.10 bits per heavy atom. The van der Waals surface area contributed by atoms with Crippen molar-refractivity contribution in [2.75, 3.05) is 36.9 Å². The summed E-state index contributed by atoms with van der Waals surface area (Å²) in [5.41, 5.74) is 2.60. The third-order valence-corrected chi connectivity index (χ3v) is 3.12. The van der Waals surface area contributed by atoms with Crippen molar-refractivity contribution in [2.45, 2.75) is 40.0 Å². The Labute approximate surface area is 122 Å². The molecular weight excluding hydrogens is 252 g/mol. The minimum absolute atomic E-state index is 0.659. The Hall–Kier alpha value is -1.40. The highest BCUT2D eigenvalue weighted by Gasteiger charge is 2.04. The molecule has 0 radical (unpaired) electrons. The molecule has 1 aromatic rings. The van der Waals surface area contributed by atoms with Crippen molar-refractivity contribution in [1.82, 2.24) is 14.9 Å². The number of aryl methyl sites for hydroxylation is 1. The van der Waals surface area contributed by atoms with Gasteiger partial charge in [0.25, 0.3) is 0 Å². The Kier molecular flexibility index (Phi) is 7.91. The van der Waals surface area contributed by atoms with Gasteiger partial charge < -0.3 is 15.6 Å². The molecule has 4 N–H and O–H groups in total. The number of rotatable bonds is 10. The predicted octanol–water partition coefficient (Wildman–Crippen LogP) is 1.86. The van der Waals surface area contributed by atoms with E-state index < -0.39 is 0 Å². The largest absolute Gasteiger partial charge is 0.369 e. The Balaban J connectivity index is 2.55. The molecule has 114 valence electrons. The number of anilines is 2. The van der Waals surface area contributed by atoms with Gasteiger partial charge in [-0.25, -0.2) is 15.8 Å². The molecule has 0 fully saturated rings. The average molecular weight is 280 g/mol. The molecule has 20 heavy (non-hydrogen) atoms. The van der Waals surface area contributed by atoms with E-state index in [4.69, 9.17) is 5.84 Å². The van der Waals surface area contributed by atoms with Crippen LogP contribution in [0, 0.1) is 0 Å². The summed E-state index contributed by atoms with van der Waals surface area (Å²) in [5, 5.41) is 3.35. The number of nitrogens with two attached hydrogens (primary N) is 1. The molecule has 0 spiro atoms. The molecule has 0 atom stereocenters. The normalized spacial score (nSPS) is 10.8. The van der Waals surface area contributed by atoms with E-state index in [9.17, 15) is 0 Å². The van der Waals surface area contributed by atoms with Gasteiger partial charge in [-0.15, -0.1) is 0 Å². The highest BCUT2D eigenvalue weighted by Crippen LogP contribution is 2.11. The summed E-state index contributed by atoms with van der Waals surface area (Å²) in [4.78, 5) is 11.3. The number of nitrogens with zero attached hydrogens (tertiary/aromatic N) is 3. The van der Waals surface area contributed by atoms with Crippen LogP contribution in [0.5, 0.6) is 0 Å². The molecule has 1 aromatic heterocycles. The summed E-state index contributed by atoms with van der Waals surface area (Å²) in [6.07, 6.45) is 3.07. The van der Waals surface area contributed by atoms with Gasteiger partial charge in [0.15, 0.2) is 0 Å². The van der Waals surface area contributed by atoms with Crippen molar-refractivity contribution in [1.29, 1.82) is 0 Å². The van der Waals surface area contributed by atoms with Gasteiger partial charge in [0.1, 0.15) is 17.5 Å². The molecule has 0 saturated carbocycles. The van der Waals surface area contributed by atoms with Crippen molar-refractivity contribution in [3.8, 4) is 0 Å². The quantitative estimate of drug-likeness (QED) is 0.448. The van der Waals surface area contributed by atoms with Gasteiger partial charge in [0, 0.05) is 25.6 Å². The van der Waals surface area contributed by atoms with Crippen LogP contribution in [0.15, 0.2) is 6.07 Å². The molecule has 6 nitrogen and oxygen atoms in total. The summed E-state index contributed by atoms with van der Waals surface area (Å²) in [6, 6.07) is 1.84. The minimum atomic E-state index is 0.659. The van der Waals surface area contributed by atoms with Crippen LogP contribution in [0.4, 0.5) is 11.6 Å². The second kappa shape index (κ2) is 9.50. The topological polar surface area (TPSA) is 79.1 Å². The fraction of sp³-hybridized carbons (Fsp3) is 0.714. The summed E-state index contributed by atoms with van der Waals surface area (Å²) in [6.45, 7) is 10.6. The van der Waals surface area contributed by atoms with Gasteiger partial charge >= 0.3 is 0 Å². The van der Waals surface area contributed by atoms with E-state index in [1.165, 1.54) is 6.42 Å². The van der Waals surface area contributed by atoms with Crippen LogP contribution >= 0.6 is 0 Å². The van der Waals surface area contributed by atoms with Crippen LogP contribution in [0.2, 0.25) is 0 Å². The van der Waals surface area contributed by atoms with Crippen LogP contribution in [0.3, 0.4) is 0 Å². The smallest absolute Gasteiger partial charge is 0.145 e. The van der Waals surface area contributed by atoms with Crippen molar-refractivity contribution in [3.63, 3.8) is 0 Å². The van der Waals surface area contributed by atoms with Crippen molar-refractivity contribution in [3.05, 3.63) is 11.9 Å². The number of nitrogen functional groups attached to an aromatic ring is 1. The Morgan fingerprint density at radius 3 is 2.45 bits per heavy atom. The van der Waals surface area contributed by atoms with Gasteiger partial charge in [0.2, 0.25) is 0 Å². The monoisotopic (exact) mass is 280 g/mol. The predicted molar refractivity (Wildman–Crippen MR) is 84.7 cm³/mol. The molecule has 1 heterocycles. The molecule has 0 aliphatic heterocycles. The maximum Gasteiger partial charge on any atom is 0.145 e. The third kappa shape index (κ3) is 5.71. The Bertz CT molecular complexity index is 382. The van der Waals surface area contributed by atoms with Gasteiger partial charge in [-0.05, 0) is 25.9 Å². The van der Waals surface area contributed by atoms with Crippen LogP contribution in [0.25, 0.3) is 0 Å². The summed E-state index contributed by atoms with van der Waals surface area (Å²) >= 11 is 0. The Morgan fingerprint density at radius 2 is 1.85 bits per heavy atom. The molecular formula is C14H28N6. The van der Waals surface area contributed by atoms with Crippen LogP contribution in [-0.4, -0.2) is 41.0 Å². The van der Waals surface area contributed by atoms with Crippen molar-refractivity contribution < 1.29 is 0 Å². The number of aromatic nitrogens is 2. The van der Waals surface area contributed by atoms with Gasteiger partial charge in [-0.1, -0.05) is 20.8 Å². The molecule has 0 bridgehead atoms. The summed E-state index contributed by atoms with van der Waals surface area (Å²) in [7, 11) is 0. The van der Waals surface area contributed by atoms with E-state index in [1.54, 1.807) is 0 Å². The first-order valence-corrected chi connectivity index (χ1v) is 7.54. The lowest BCUT2D eigenvalue weighted by atomic mass is 10.3. The van der Waals surface area contributed by atoms with Crippen LogP contribution in [0.1, 0.15) is 39.4 Å². The summed E-state index contributed by atoms with van der Waals surface area (Å²) < 4.78 is 0. The average Bonchev–Trinajstić information content (AvgIpc) is 2.46. The zero-order valence-corrected chi connectivity index (χ0v) is 12.9. The van der Waals surface area contributed by atoms with Crippen LogP contribution in [-0.2, 0) is 6.42 Å². The fourth-order valence-electron chi connectivity index (χ4n) is 2.08. The second-order valence-electron chi connectivity index (χ2n) is 4.81. The van der Waals surface area contributed by atoms with E-state index in [2.05, 4.69) is 46.4 Å². The number of hydrogen-bond acceptors (Lipinski definition) is 6. The third-order valence-electron chi connectivity index (χ3n) is 3.12. The molecule has 0 aromatic carbocycles. The van der Waals surface area contributed by atoms with E-state index in [-0.39, 0.29) is 0 Å². The number of hydrogen-bond donors (Lipinski definition) is 3. The molecule has 0 unspecified atom stereocenters. The maximum absolute atomic E-state index is 5.45. The zero-order valence-electron chi connectivity index (χ0n) is 12.9. The van der Waals surface area contributed by atoms with E-state index >= 15 is 0 Å². The zero-order chi connectivity index (χ0) is 14.8. The van der Waals surface area contributed by atoms with Gasteiger partial charge in [0.05, 0.1) is 0 Å². The molecule has 6 heteroatoms. The van der Waals surface area contributed by atoms with Gasteiger partial charge in [-0.3, -0.25) is 0 Å². The van der Waals surface area contributed by atoms with E-state index in [0.29, 0.717) is 5.82 Å². The second-order valence-corrected chi connectivity index (χ2v) is 4.81. The highest BCUT2D eigenvalue weighted by molar-refractivity contribution is 5.46. The molecule has 0 aliphatic rings. The van der Waals surface area contributed by atoms with Crippen molar-refractivity contribution >= 4 is 11.6 Å². The van der Waals surface area contributed by atoms with E-state index in [0.717, 1.165) is 50.7 Å². The first-order valence-electron chi connectivity index (χ1n) is 7.54. The number of nitrogens with one attached hydrogen (secondary N) is 2. The molecule has 0 saturated heterocycles. The lowest BCUT2D eigenvalue weighted by Crippen LogP contribution is -2.29. The standard InChI is InChI=1S/C14H28N6/c1-4-7-12-17-13(11-14(18-12)19-15)16-8-10-20(6-3)9-5-2/h11H,4-10,15H2,1-3H3,(H2,16,17,18,19). The SMILES string of the molecule is CCCc1nc(NN)cc(NCCN(CC)CCC)n1. The fourth-order valence-corrected chi connectivity index (χ4v) is 2.08. The lowest BCUT2D eigenvalue weighted by molar-refractivity contribution is 0.300. The molecule has 0 aliphatic carbocycles. The summed E-state index contributed by atoms with van der Waals surface area (Å²) in [5.74, 6) is 7.77. The van der Waals surface area contributed by atoms with Crippen molar-refractivity contribution in [2.24, 2.45) is 5.84 Å². The molecule has 1 rings (SSSR count). The lowest BCUT2D eigenvalue weighted by Gasteiger charge is -2.19. The minimum Gasteiger partial charge on any atom is -0.369 e. The van der Waals surface area contributed by atoms with Gasteiger partial charge in [-0.2, -0.15) is 0 Å². The van der Waals surface area contributed by atoms with Crippen LogP contribution < -0.4 is 16.6 Å². The number of hydrazine groups is 1. The maximum atomic E-state index is 5.45. The first kappa shape index (κ1) is 16.7. The first-order chi connectivity index (χ1) is 9.73. The highest BCUT2D eigenvalue weighted by atomic mass is 15.3.